The zero-order chi connectivity index (χ0) is 21.4. The van der Waals surface area contributed by atoms with Crippen LogP contribution in [0.5, 0.6) is 0 Å². The minimum Gasteiger partial charge on any atom is -0.462 e. The molecule has 0 radical (unpaired) electrons. The normalized spacial score (nSPS) is 11.1. The molecule has 2 aromatic rings. The van der Waals surface area contributed by atoms with Gasteiger partial charge >= 0.3 is 18.2 Å². The Bertz CT molecular complexity index is 852. The number of hydrogen-bond acceptors (Lipinski definition) is 3. The van der Waals surface area contributed by atoms with Crippen LogP contribution in [-0.2, 0) is 17.5 Å². The molecular weight excluding hydrogens is 392 g/mol. The van der Waals surface area contributed by atoms with Gasteiger partial charge < -0.3 is 15.4 Å². The number of benzene rings is 2. The van der Waals surface area contributed by atoms with Gasteiger partial charge in [0.05, 0.1) is 17.7 Å². The molecule has 2 amide bonds. The highest BCUT2D eigenvalue weighted by molar-refractivity contribution is 5.92. The Morgan fingerprint density at radius 1 is 1.07 bits per heavy atom. The molecule has 0 aromatic heterocycles. The molecule has 2 rings (SSSR count). The smallest absolute Gasteiger partial charge is 0.416 e. The first kappa shape index (κ1) is 22.2. The highest BCUT2D eigenvalue weighted by Crippen LogP contribution is 2.30. The maximum atomic E-state index is 13.4. The molecule has 5 nitrogen and oxygen atoms in total. The quantitative estimate of drug-likeness (QED) is 0.377. The molecule has 2 aromatic carbocycles. The summed E-state index contributed by atoms with van der Waals surface area (Å²) < 4.78 is 56.6. The van der Waals surface area contributed by atoms with E-state index in [4.69, 9.17) is 4.74 Å². The van der Waals surface area contributed by atoms with Crippen molar-refractivity contribution in [2.45, 2.75) is 32.5 Å². The van der Waals surface area contributed by atoms with Crippen LogP contribution >= 0.6 is 0 Å². The fourth-order valence-corrected chi connectivity index (χ4v) is 2.36. The summed E-state index contributed by atoms with van der Waals surface area (Å²) in [5, 5.41) is 4.82. The van der Waals surface area contributed by atoms with Crippen LogP contribution in [0.4, 0.5) is 28.0 Å². The number of urea groups is 1. The van der Waals surface area contributed by atoms with Crippen molar-refractivity contribution in [1.29, 1.82) is 0 Å². The summed E-state index contributed by atoms with van der Waals surface area (Å²) in [6.07, 6.45) is -3.02. The summed E-state index contributed by atoms with van der Waals surface area (Å²) in [6, 6.07) is 7.30. The minimum absolute atomic E-state index is 0.0300. The molecule has 0 saturated heterocycles. The lowest BCUT2D eigenvalue weighted by Gasteiger charge is -2.11. The molecule has 0 bridgehead atoms. The Morgan fingerprint density at radius 2 is 1.76 bits per heavy atom. The zero-order valence-electron chi connectivity index (χ0n) is 15.6. The Hall–Kier alpha value is -3.10. The predicted octanol–water partition coefficient (Wildman–Crippen LogP) is 5.12. The van der Waals surface area contributed by atoms with Crippen LogP contribution in [-0.4, -0.2) is 18.6 Å². The van der Waals surface area contributed by atoms with Crippen molar-refractivity contribution in [3.8, 4) is 0 Å². The third-order valence-corrected chi connectivity index (χ3v) is 3.85. The molecule has 0 heterocycles. The molecule has 0 saturated carbocycles. The van der Waals surface area contributed by atoms with Gasteiger partial charge in [0.1, 0.15) is 5.82 Å². The molecule has 0 aliphatic rings. The lowest BCUT2D eigenvalue weighted by molar-refractivity contribution is -0.137. The third-order valence-electron chi connectivity index (χ3n) is 3.85. The molecule has 2 N–H and O–H groups in total. The number of carbonyl (C=O) groups is 2. The first-order chi connectivity index (χ1) is 13.7. The molecular formula is C20H20F4N2O3. The van der Waals surface area contributed by atoms with E-state index >= 15 is 0 Å². The maximum absolute atomic E-state index is 13.4. The van der Waals surface area contributed by atoms with Gasteiger partial charge in [-0.1, -0.05) is 13.3 Å². The number of rotatable bonds is 7. The van der Waals surface area contributed by atoms with Gasteiger partial charge in [-0.25, -0.2) is 14.0 Å². The summed E-state index contributed by atoms with van der Waals surface area (Å²) in [5.74, 6) is -1.51. The number of unbranched alkanes of at least 4 members (excludes halogenated alkanes) is 1. The lowest BCUT2D eigenvalue weighted by Crippen LogP contribution is -2.28. The number of esters is 1. The van der Waals surface area contributed by atoms with Crippen molar-refractivity contribution in [3.05, 3.63) is 65.0 Å². The number of anilines is 1. The molecule has 0 aliphatic carbocycles. The van der Waals surface area contributed by atoms with Crippen LogP contribution in [0, 0.1) is 5.82 Å². The molecule has 0 atom stereocenters. The van der Waals surface area contributed by atoms with Crippen LogP contribution in [0.15, 0.2) is 42.5 Å². The van der Waals surface area contributed by atoms with Gasteiger partial charge in [-0.05, 0) is 54.4 Å². The van der Waals surface area contributed by atoms with Gasteiger partial charge in [-0.3, -0.25) is 0 Å². The van der Waals surface area contributed by atoms with E-state index in [9.17, 15) is 27.2 Å². The number of ether oxygens (including phenoxy) is 1. The lowest BCUT2D eigenvalue weighted by atomic mass is 10.1. The van der Waals surface area contributed by atoms with Gasteiger partial charge in [0.15, 0.2) is 0 Å². The first-order valence-electron chi connectivity index (χ1n) is 8.87. The second kappa shape index (κ2) is 9.90. The van der Waals surface area contributed by atoms with E-state index in [1.807, 2.05) is 6.92 Å². The van der Waals surface area contributed by atoms with Crippen LogP contribution < -0.4 is 10.6 Å². The number of carbonyl (C=O) groups excluding carboxylic acids is 2. The third kappa shape index (κ3) is 7.10. The fraction of sp³-hybridized carbons (Fsp3) is 0.300. The Kier molecular flexibility index (Phi) is 7.58. The molecule has 0 spiro atoms. The van der Waals surface area contributed by atoms with E-state index < -0.39 is 29.6 Å². The number of halogens is 4. The number of nitrogens with one attached hydrogen (secondary N) is 2. The van der Waals surface area contributed by atoms with Crippen LogP contribution in [0.25, 0.3) is 0 Å². The van der Waals surface area contributed by atoms with Crippen molar-refractivity contribution in [2.24, 2.45) is 0 Å². The van der Waals surface area contributed by atoms with Crippen molar-refractivity contribution >= 4 is 17.7 Å². The molecule has 9 heteroatoms. The number of hydrogen-bond donors (Lipinski definition) is 2. The van der Waals surface area contributed by atoms with E-state index in [1.54, 1.807) is 0 Å². The standard InChI is InChI=1S/C20H20F4N2O3/c1-2-3-8-29-18(27)14-4-6-17(7-5-14)26-19(28)25-12-13-9-15(20(22,23)24)11-16(21)10-13/h4-7,9-11H,2-3,8,12H2,1H3,(H2,25,26,28). The molecule has 0 fully saturated rings. The monoisotopic (exact) mass is 412 g/mol. The van der Waals surface area contributed by atoms with Gasteiger partial charge in [0.25, 0.3) is 0 Å². The van der Waals surface area contributed by atoms with Gasteiger partial charge in [-0.15, -0.1) is 0 Å². The maximum Gasteiger partial charge on any atom is 0.416 e. The topological polar surface area (TPSA) is 67.4 Å². The van der Waals surface area contributed by atoms with Crippen LogP contribution in [0.2, 0.25) is 0 Å². The van der Waals surface area contributed by atoms with E-state index in [0.717, 1.165) is 25.0 Å². The average molecular weight is 412 g/mol. The zero-order valence-corrected chi connectivity index (χ0v) is 15.6. The van der Waals surface area contributed by atoms with Crippen LogP contribution in [0.3, 0.4) is 0 Å². The highest BCUT2D eigenvalue weighted by atomic mass is 19.4. The summed E-state index contributed by atoms with van der Waals surface area (Å²) in [6.45, 7) is 2.01. The fourth-order valence-electron chi connectivity index (χ4n) is 2.36. The van der Waals surface area contributed by atoms with E-state index in [-0.39, 0.29) is 12.1 Å². The predicted molar refractivity (Wildman–Crippen MR) is 98.9 cm³/mol. The van der Waals surface area contributed by atoms with Crippen molar-refractivity contribution in [2.75, 3.05) is 11.9 Å². The first-order valence-corrected chi connectivity index (χ1v) is 8.87. The van der Waals surface area contributed by atoms with Gasteiger partial charge in [0.2, 0.25) is 0 Å². The molecule has 156 valence electrons. The van der Waals surface area contributed by atoms with E-state index in [0.29, 0.717) is 23.9 Å². The minimum atomic E-state index is -4.68. The summed E-state index contributed by atoms with van der Waals surface area (Å²) >= 11 is 0. The second-order valence-corrected chi connectivity index (χ2v) is 6.22. The Labute approximate surface area is 165 Å². The van der Waals surface area contributed by atoms with E-state index in [2.05, 4.69) is 10.6 Å². The van der Waals surface area contributed by atoms with Crippen molar-refractivity contribution in [1.82, 2.24) is 5.32 Å². The van der Waals surface area contributed by atoms with Crippen molar-refractivity contribution < 1.29 is 31.9 Å². The Morgan fingerprint density at radius 3 is 2.38 bits per heavy atom. The largest absolute Gasteiger partial charge is 0.462 e. The number of amides is 2. The number of alkyl halides is 3. The van der Waals surface area contributed by atoms with Crippen LogP contribution in [0.1, 0.15) is 41.3 Å². The van der Waals surface area contributed by atoms with Crippen molar-refractivity contribution in [3.63, 3.8) is 0 Å². The molecule has 29 heavy (non-hydrogen) atoms. The van der Waals surface area contributed by atoms with Gasteiger partial charge in [0, 0.05) is 12.2 Å². The summed E-state index contributed by atoms with van der Waals surface area (Å²) in [5.41, 5.74) is -0.469. The van der Waals surface area contributed by atoms with E-state index in [1.165, 1.54) is 24.3 Å². The van der Waals surface area contributed by atoms with Gasteiger partial charge in [-0.2, -0.15) is 13.2 Å². The SMILES string of the molecule is CCCCOC(=O)c1ccc(NC(=O)NCc2cc(F)cc(C(F)(F)F)c2)cc1. The second-order valence-electron chi connectivity index (χ2n) is 6.22. The summed E-state index contributed by atoms with van der Waals surface area (Å²) in [4.78, 5) is 23.7. The molecule has 0 aliphatic heterocycles. The Balaban J connectivity index is 1.90. The molecule has 0 unspecified atom stereocenters. The summed E-state index contributed by atoms with van der Waals surface area (Å²) in [7, 11) is 0. The highest BCUT2D eigenvalue weighted by Gasteiger charge is 2.31. The average Bonchev–Trinajstić information content (AvgIpc) is 2.66.